The molecule has 3 aromatic rings. The van der Waals surface area contributed by atoms with Gasteiger partial charge in [0.2, 0.25) is 0 Å². The Hall–Kier alpha value is -3.97. The third-order valence-electron chi connectivity index (χ3n) is 5.12. The van der Waals surface area contributed by atoms with Crippen LogP contribution in [-0.4, -0.2) is 24.6 Å². The number of nitro groups is 1. The fourth-order valence-electron chi connectivity index (χ4n) is 3.53. The van der Waals surface area contributed by atoms with Gasteiger partial charge in [-0.1, -0.05) is 24.3 Å². The van der Waals surface area contributed by atoms with E-state index in [0.717, 1.165) is 16.7 Å². The minimum Gasteiger partial charge on any atom is -0.488 e. The summed E-state index contributed by atoms with van der Waals surface area (Å²) in [4.78, 5) is 23.4. The topological polar surface area (TPSA) is 87.9 Å². The zero-order valence-corrected chi connectivity index (χ0v) is 17.4. The van der Waals surface area contributed by atoms with Crippen molar-refractivity contribution in [2.75, 3.05) is 13.9 Å². The third-order valence-corrected chi connectivity index (χ3v) is 5.12. The van der Waals surface area contributed by atoms with Crippen molar-refractivity contribution in [3.63, 3.8) is 0 Å². The Kier molecular flexibility index (Phi) is 6.28. The van der Waals surface area contributed by atoms with Gasteiger partial charge in [-0.25, -0.2) is 0 Å². The van der Waals surface area contributed by atoms with Gasteiger partial charge in [0.1, 0.15) is 18.1 Å². The minimum absolute atomic E-state index is 0.0256. The van der Waals surface area contributed by atoms with Gasteiger partial charge in [-0.2, -0.15) is 0 Å². The normalized spacial score (nSPS) is 13.8. The number of nitro benzene ring substituents is 1. The van der Waals surface area contributed by atoms with Crippen LogP contribution < -0.4 is 9.47 Å². The number of carbonyl (C=O) groups is 1. The summed E-state index contributed by atoms with van der Waals surface area (Å²) in [6.07, 6.45) is 2.41. The summed E-state index contributed by atoms with van der Waals surface area (Å²) < 4.78 is 16.2. The van der Waals surface area contributed by atoms with E-state index in [1.54, 1.807) is 25.3 Å². The van der Waals surface area contributed by atoms with Gasteiger partial charge in [-0.3, -0.25) is 14.9 Å². The van der Waals surface area contributed by atoms with Crippen LogP contribution in [0.2, 0.25) is 0 Å². The van der Waals surface area contributed by atoms with Gasteiger partial charge in [-0.05, 0) is 53.1 Å². The van der Waals surface area contributed by atoms with Gasteiger partial charge in [0.05, 0.1) is 10.5 Å². The molecule has 1 aliphatic rings. The highest BCUT2D eigenvalue weighted by atomic mass is 16.7. The van der Waals surface area contributed by atoms with Crippen molar-refractivity contribution in [2.24, 2.45) is 0 Å². The SMILES string of the molecule is COCOc1ccc(/C=C2\Cc3cccc(OCc4ccc([N+](=O)[O-])cc4)c3C2=O)cc1. The van der Waals surface area contributed by atoms with Gasteiger partial charge in [0, 0.05) is 31.2 Å². The number of ether oxygens (including phenoxy) is 3. The van der Waals surface area contributed by atoms with Crippen LogP contribution in [0.15, 0.2) is 72.3 Å². The maximum atomic E-state index is 13.1. The fourth-order valence-corrected chi connectivity index (χ4v) is 3.53. The summed E-state index contributed by atoms with van der Waals surface area (Å²) in [6, 6.07) is 19.2. The first kappa shape index (κ1) is 21.3. The lowest BCUT2D eigenvalue weighted by Gasteiger charge is -2.10. The molecule has 0 fully saturated rings. The van der Waals surface area contributed by atoms with Crippen LogP contribution in [0.25, 0.3) is 6.08 Å². The van der Waals surface area contributed by atoms with Crippen LogP contribution in [0, 0.1) is 10.1 Å². The number of non-ortho nitro benzene ring substituents is 1. The zero-order valence-electron chi connectivity index (χ0n) is 17.4. The molecule has 0 amide bonds. The number of hydrogen-bond acceptors (Lipinski definition) is 6. The fraction of sp³-hybridized carbons (Fsp3) is 0.160. The summed E-state index contributed by atoms with van der Waals surface area (Å²) >= 11 is 0. The molecule has 0 aliphatic heterocycles. The standard InChI is InChI=1S/C25H21NO6/c1-30-16-32-22-11-7-17(8-12-22)13-20-14-19-3-2-4-23(24(19)25(20)27)31-15-18-5-9-21(10-6-18)26(28)29/h2-13H,14-16H2,1H3/b20-13+. The number of hydrogen-bond donors (Lipinski definition) is 0. The zero-order chi connectivity index (χ0) is 22.5. The Morgan fingerprint density at radius 1 is 1.00 bits per heavy atom. The highest BCUT2D eigenvalue weighted by Gasteiger charge is 2.28. The molecule has 1 aliphatic carbocycles. The number of Topliss-reactive ketones (excluding diaryl/α,β-unsaturated/α-hetero) is 1. The van der Waals surface area contributed by atoms with E-state index in [2.05, 4.69) is 0 Å². The summed E-state index contributed by atoms with van der Waals surface area (Å²) in [5, 5.41) is 10.8. The third kappa shape index (κ3) is 4.68. The number of carbonyl (C=O) groups excluding carboxylic acids is 1. The average Bonchev–Trinajstić information content (AvgIpc) is 3.13. The first-order valence-corrected chi connectivity index (χ1v) is 10.0. The summed E-state index contributed by atoms with van der Waals surface area (Å²) in [6.45, 7) is 0.389. The van der Waals surface area contributed by atoms with E-state index in [9.17, 15) is 14.9 Å². The van der Waals surface area contributed by atoms with Crippen LogP contribution in [0.3, 0.4) is 0 Å². The number of methoxy groups -OCH3 is 1. The van der Waals surface area contributed by atoms with Crippen LogP contribution in [-0.2, 0) is 17.8 Å². The van der Waals surface area contributed by atoms with Crippen LogP contribution in [0.1, 0.15) is 27.0 Å². The van der Waals surface area contributed by atoms with E-state index in [1.807, 2.05) is 42.5 Å². The first-order chi connectivity index (χ1) is 15.5. The predicted molar refractivity (Wildman–Crippen MR) is 119 cm³/mol. The maximum Gasteiger partial charge on any atom is 0.269 e. The molecule has 0 heterocycles. The number of fused-ring (bicyclic) bond motifs is 1. The predicted octanol–water partition coefficient (Wildman–Crippen LogP) is 4.98. The highest BCUT2D eigenvalue weighted by Crippen LogP contribution is 2.35. The van der Waals surface area contributed by atoms with E-state index in [4.69, 9.17) is 14.2 Å². The largest absolute Gasteiger partial charge is 0.488 e. The maximum absolute atomic E-state index is 13.1. The molecule has 32 heavy (non-hydrogen) atoms. The van der Waals surface area contributed by atoms with Gasteiger partial charge in [0.25, 0.3) is 5.69 Å². The second-order valence-corrected chi connectivity index (χ2v) is 7.30. The molecule has 0 saturated heterocycles. The van der Waals surface area contributed by atoms with Crippen molar-refractivity contribution in [1.82, 2.24) is 0 Å². The Labute approximate surface area is 185 Å². The van der Waals surface area contributed by atoms with E-state index in [-0.39, 0.29) is 24.9 Å². The minimum atomic E-state index is -0.443. The second-order valence-electron chi connectivity index (χ2n) is 7.30. The average molecular weight is 431 g/mol. The highest BCUT2D eigenvalue weighted by molar-refractivity contribution is 6.17. The van der Waals surface area contributed by atoms with Gasteiger partial charge in [0.15, 0.2) is 12.6 Å². The van der Waals surface area contributed by atoms with Gasteiger partial charge in [-0.15, -0.1) is 0 Å². The van der Waals surface area contributed by atoms with Crippen molar-refractivity contribution in [2.45, 2.75) is 13.0 Å². The Morgan fingerprint density at radius 2 is 1.75 bits per heavy atom. The molecule has 0 aromatic heterocycles. The smallest absolute Gasteiger partial charge is 0.269 e. The van der Waals surface area contributed by atoms with Crippen molar-refractivity contribution in [1.29, 1.82) is 0 Å². The molecule has 7 heteroatoms. The lowest BCUT2D eigenvalue weighted by molar-refractivity contribution is -0.384. The summed E-state index contributed by atoms with van der Waals surface area (Å²) in [7, 11) is 1.56. The van der Waals surface area contributed by atoms with Crippen molar-refractivity contribution < 1.29 is 23.9 Å². The molecule has 0 bridgehead atoms. The first-order valence-electron chi connectivity index (χ1n) is 10.0. The number of benzene rings is 3. The Bertz CT molecular complexity index is 1170. The van der Waals surface area contributed by atoms with Crippen molar-refractivity contribution >= 4 is 17.5 Å². The van der Waals surface area contributed by atoms with E-state index in [0.29, 0.717) is 29.1 Å². The Morgan fingerprint density at radius 3 is 2.44 bits per heavy atom. The molecular weight excluding hydrogens is 410 g/mol. The Balaban J connectivity index is 1.48. The molecular formula is C25H21NO6. The number of ketones is 1. The number of nitrogens with zero attached hydrogens (tertiary/aromatic N) is 1. The van der Waals surface area contributed by atoms with Crippen LogP contribution >= 0.6 is 0 Å². The lowest BCUT2D eigenvalue weighted by atomic mass is 10.1. The molecule has 0 radical (unpaired) electrons. The van der Waals surface area contributed by atoms with Crippen LogP contribution in [0.4, 0.5) is 5.69 Å². The van der Waals surface area contributed by atoms with E-state index in [1.165, 1.54) is 12.1 Å². The summed E-state index contributed by atoms with van der Waals surface area (Å²) in [5.74, 6) is 1.15. The molecule has 0 N–H and O–H groups in total. The van der Waals surface area contributed by atoms with E-state index < -0.39 is 4.92 Å². The van der Waals surface area contributed by atoms with E-state index >= 15 is 0 Å². The number of allylic oxidation sites excluding steroid dienone is 1. The molecule has 0 saturated carbocycles. The number of rotatable bonds is 8. The second kappa shape index (κ2) is 9.45. The molecule has 4 rings (SSSR count). The summed E-state index contributed by atoms with van der Waals surface area (Å²) in [5.41, 5.74) is 3.89. The quantitative estimate of drug-likeness (QED) is 0.216. The van der Waals surface area contributed by atoms with Gasteiger partial charge < -0.3 is 14.2 Å². The van der Waals surface area contributed by atoms with Crippen LogP contribution in [0.5, 0.6) is 11.5 Å². The van der Waals surface area contributed by atoms with Crippen molar-refractivity contribution in [3.05, 3.63) is 105 Å². The molecule has 0 atom stereocenters. The molecule has 0 spiro atoms. The molecule has 3 aromatic carbocycles. The monoisotopic (exact) mass is 431 g/mol. The molecule has 162 valence electrons. The van der Waals surface area contributed by atoms with Gasteiger partial charge >= 0.3 is 0 Å². The molecule has 0 unspecified atom stereocenters. The lowest BCUT2D eigenvalue weighted by Crippen LogP contribution is -2.02. The van der Waals surface area contributed by atoms with Crippen molar-refractivity contribution in [3.8, 4) is 11.5 Å². The molecule has 7 nitrogen and oxygen atoms in total.